The lowest BCUT2D eigenvalue weighted by molar-refractivity contribution is 0.0299. The Kier molecular flexibility index (Phi) is 3.28. The summed E-state index contributed by atoms with van der Waals surface area (Å²) in [5.74, 6) is -0.461. The van der Waals surface area contributed by atoms with E-state index >= 15 is 0 Å². The van der Waals surface area contributed by atoms with Gasteiger partial charge >= 0.3 is 0 Å². The van der Waals surface area contributed by atoms with Gasteiger partial charge in [-0.25, -0.2) is 4.39 Å². The molecule has 1 aromatic carbocycles. The van der Waals surface area contributed by atoms with Crippen LogP contribution >= 0.6 is 15.9 Å². The lowest BCUT2D eigenvalue weighted by Crippen LogP contribution is -2.40. The second-order valence-corrected chi connectivity index (χ2v) is 5.35. The molecule has 0 spiro atoms. The van der Waals surface area contributed by atoms with E-state index in [4.69, 9.17) is 4.74 Å². The minimum absolute atomic E-state index is 0.116. The van der Waals surface area contributed by atoms with Crippen molar-refractivity contribution in [3.05, 3.63) is 34.2 Å². The normalized spacial score (nSPS) is 16.0. The number of H-pyrrole nitrogens is 1. The molecule has 0 saturated carbocycles. The molecule has 0 atom stereocenters. The fourth-order valence-corrected chi connectivity index (χ4v) is 2.64. The molecule has 1 aliphatic rings. The third kappa shape index (κ3) is 2.37. The van der Waals surface area contributed by atoms with Gasteiger partial charge in [0.05, 0.1) is 18.7 Å². The zero-order valence-corrected chi connectivity index (χ0v) is 11.7. The molecule has 0 radical (unpaired) electrons. The fourth-order valence-electron chi connectivity index (χ4n) is 2.21. The number of halogens is 2. The van der Waals surface area contributed by atoms with Crippen LogP contribution in [0.25, 0.3) is 10.9 Å². The van der Waals surface area contributed by atoms with Gasteiger partial charge in [-0.05, 0) is 18.2 Å². The SMILES string of the molecule is O=C(c1cc2c(F)cc(Br)cc2[nH]1)N1CCOCC1. The molecule has 100 valence electrons. The molecule has 2 heterocycles. The number of aromatic nitrogens is 1. The molecular weight excluding hydrogens is 315 g/mol. The highest BCUT2D eigenvalue weighted by atomic mass is 79.9. The number of ether oxygens (including phenoxy) is 1. The monoisotopic (exact) mass is 326 g/mol. The highest BCUT2D eigenvalue weighted by Gasteiger charge is 2.20. The van der Waals surface area contributed by atoms with Crippen LogP contribution in [-0.2, 0) is 4.74 Å². The third-order valence-corrected chi connectivity index (χ3v) is 3.64. The number of morpholine rings is 1. The van der Waals surface area contributed by atoms with Crippen molar-refractivity contribution in [2.24, 2.45) is 0 Å². The van der Waals surface area contributed by atoms with Crippen LogP contribution < -0.4 is 0 Å². The molecule has 1 aromatic heterocycles. The van der Waals surface area contributed by atoms with Crippen LogP contribution in [0.1, 0.15) is 10.5 Å². The van der Waals surface area contributed by atoms with Crippen molar-refractivity contribution < 1.29 is 13.9 Å². The zero-order chi connectivity index (χ0) is 13.4. The van der Waals surface area contributed by atoms with Crippen molar-refractivity contribution in [3.8, 4) is 0 Å². The molecular formula is C13H12BrFN2O2. The second kappa shape index (κ2) is 4.94. The van der Waals surface area contributed by atoms with Crippen LogP contribution in [-0.4, -0.2) is 42.1 Å². The van der Waals surface area contributed by atoms with E-state index < -0.39 is 0 Å². The molecule has 0 bridgehead atoms. The number of fused-ring (bicyclic) bond motifs is 1. The Balaban J connectivity index is 1.96. The van der Waals surface area contributed by atoms with Crippen molar-refractivity contribution >= 4 is 32.7 Å². The maximum Gasteiger partial charge on any atom is 0.270 e. The van der Waals surface area contributed by atoms with Gasteiger partial charge in [0.15, 0.2) is 0 Å². The average Bonchev–Trinajstić information content (AvgIpc) is 2.83. The van der Waals surface area contributed by atoms with Gasteiger partial charge in [-0.15, -0.1) is 0 Å². The summed E-state index contributed by atoms with van der Waals surface area (Å²) in [7, 11) is 0. The minimum atomic E-state index is -0.346. The number of nitrogens with zero attached hydrogens (tertiary/aromatic N) is 1. The highest BCUT2D eigenvalue weighted by Crippen LogP contribution is 2.24. The number of benzene rings is 1. The van der Waals surface area contributed by atoms with E-state index in [1.807, 2.05) is 0 Å². The van der Waals surface area contributed by atoms with Crippen LogP contribution in [0, 0.1) is 5.82 Å². The lowest BCUT2D eigenvalue weighted by atomic mass is 10.2. The van der Waals surface area contributed by atoms with E-state index in [1.54, 1.807) is 17.0 Å². The molecule has 6 heteroatoms. The Morgan fingerprint density at radius 1 is 1.32 bits per heavy atom. The molecule has 1 aliphatic heterocycles. The van der Waals surface area contributed by atoms with E-state index in [2.05, 4.69) is 20.9 Å². The molecule has 19 heavy (non-hydrogen) atoms. The van der Waals surface area contributed by atoms with Gasteiger partial charge in [0, 0.05) is 22.9 Å². The summed E-state index contributed by atoms with van der Waals surface area (Å²) in [6.07, 6.45) is 0. The van der Waals surface area contributed by atoms with E-state index in [0.29, 0.717) is 47.4 Å². The van der Waals surface area contributed by atoms with Crippen LogP contribution in [0.4, 0.5) is 4.39 Å². The van der Waals surface area contributed by atoms with E-state index in [9.17, 15) is 9.18 Å². The topological polar surface area (TPSA) is 45.3 Å². The van der Waals surface area contributed by atoms with Crippen LogP contribution in [0.15, 0.2) is 22.7 Å². The molecule has 3 rings (SSSR count). The number of hydrogen-bond acceptors (Lipinski definition) is 2. The Morgan fingerprint density at radius 2 is 2.05 bits per heavy atom. The van der Waals surface area contributed by atoms with Crippen molar-refractivity contribution in [3.63, 3.8) is 0 Å². The minimum Gasteiger partial charge on any atom is -0.378 e. The molecule has 4 nitrogen and oxygen atoms in total. The molecule has 1 fully saturated rings. The van der Waals surface area contributed by atoms with Crippen molar-refractivity contribution in [2.45, 2.75) is 0 Å². The predicted octanol–water partition coefficient (Wildman–Crippen LogP) is 2.54. The first kappa shape index (κ1) is 12.6. The maximum absolute atomic E-state index is 13.8. The van der Waals surface area contributed by atoms with Gasteiger partial charge < -0.3 is 14.6 Å². The summed E-state index contributed by atoms with van der Waals surface area (Å²) in [4.78, 5) is 17.0. The number of hydrogen-bond donors (Lipinski definition) is 1. The van der Waals surface area contributed by atoms with Crippen molar-refractivity contribution in [2.75, 3.05) is 26.3 Å². The Hall–Kier alpha value is -1.40. The van der Waals surface area contributed by atoms with Crippen LogP contribution in [0.3, 0.4) is 0 Å². The quantitative estimate of drug-likeness (QED) is 0.875. The summed E-state index contributed by atoms with van der Waals surface area (Å²) < 4.78 is 19.6. The summed E-state index contributed by atoms with van der Waals surface area (Å²) >= 11 is 3.23. The summed E-state index contributed by atoms with van der Waals surface area (Å²) in [5.41, 5.74) is 1.03. The molecule has 0 aliphatic carbocycles. The van der Waals surface area contributed by atoms with Crippen LogP contribution in [0.5, 0.6) is 0 Å². The Bertz CT molecular complexity index is 635. The predicted molar refractivity (Wildman–Crippen MR) is 72.7 cm³/mol. The molecule has 1 saturated heterocycles. The molecule has 1 N–H and O–H groups in total. The molecule has 2 aromatic rings. The first-order valence-electron chi connectivity index (χ1n) is 6.00. The summed E-state index contributed by atoms with van der Waals surface area (Å²) in [5, 5.41) is 0.430. The van der Waals surface area contributed by atoms with Gasteiger partial charge in [-0.3, -0.25) is 4.79 Å². The van der Waals surface area contributed by atoms with Gasteiger partial charge in [-0.1, -0.05) is 15.9 Å². The zero-order valence-electron chi connectivity index (χ0n) is 10.1. The smallest absolute Gasteiger partial charge is 0.270 e. The number of carbonyl (C=O) groups is 1. The molecule has 1 amide bonds. The van der Waals surface area contributed by atoms with E-state index in [1.165, 1.54) is 6.07 Å². The Labute approximate surface area is 117 Å². The van der Waals surface area contributed by atoms with E-state index in [-0.39, 0.29) is 11.7 Å². The Morgan fingerprint density at radius 3 is 2.79 bits per heavy atom. The standard InChI is InChI=1S/C13H12BrFN2O2/c14-8-5-10(15)9-7-12(16-11(9)6-8)13(18)17-1-3-19-4-2-17/h5-7,16H,1-4H2. The number of carbonyl (C=O) groups excluding carboxylic acids is 1. The maximum atomic E-state index is 13.8. The van der Waals surface area contributed by atoms with Gasteiger partial charge in [-0.2, -0.15) is 0 Å². The average molecular weight is 327 g/mol. The number of nitrogens with one attached hydrogen (secondary N) is 1. The van der Waals surface area contributed by atoms with E-state index in [0.717, 1.165) is 0 Å². The fraction of sp³-hybridized carbons (Fsp3) is 0.308. The first-order valence-corrected chi connectivity index (χ1v) is 6.79. The number of amides is 1. The summed E-state index contributed by atoms with van der Waals surface area (Å²) in [6, 6.07) is 4.71. The molecule has 0 unspecified atom stereocenters. The van der Waals surface area contributed by atoms with Gasteiger partial charge in [0.1, 0.15) is 11.5 Å². The highest BCUT2D eigenvalue weighted by molar-refractivity contribution is 9.10. The van der Waals surface area contributed by atoms with Crippen LogP contribution in [0.2, 0.25) is 0 Å². The lowest BCUT2D eigenvalue weighted by Gasteiger charge is -2.26. The largest absolute Gasteiger partial charge is 0.378 e. The van der Waals surface area contributed by atoms with Gasteiger partial charge in [0.2, 0.25) is 0 Å². The van der Waals surface area contributed by atoms with Crippen molar-refractivity contribution in [1.82, 2.24) is 9.88 Å². The summed E-state index contributed by atoms with van der Waals surface area (Å²) in [6.45, 7) is 2.23. The number of aromatic amines is 1. The second-order valence-electron chi connectivity index (χ2n) is 4.44. The third-order valence-electron chi connectivity index (χ3n) is 3.18. The van der Waals surface area contributed by atoms with Gasteiger partial charge in [0.25, 0.3) is 5.91 Å². The number of rotatable bonds is 1. The first-order chi connectivity index (χ1) is 9.15. The van der Waals surface area contributed by atoms with Crippen molar-refractivity contribution in [1.29, 1.82) is 0 Å².